The summed E-state index contributed by atoms with van der Waals surface area (Å²) in [6.07, 6.45) is 0.669. The Hall–Kier alpha value is -1.36. The summed E-state index contributed by atoms with van der Waals surface area (Å²) < 4.78 is 0. The normalized spacial score (nSPS) is 11.8. The summed E-state index contributed by atoms with van der Waals surface area (Å²) in [4.78, 5) is 9.12. The summed E-state index contributed by atoms with van der Waals surface area (Å²) in [7, 11) is 1.86. The molecule has 0 saturated carbocycles. The molecule has 0 fully saturated rings. The monoisotopic (exact) mass is 266 g/mol. The molecule has 1 rings (SSSR count). The topological polar surface area (TPSA) is 70.1 Å². The zero-order valence-electron chi connectivity index (χ0n) is 12.8. The van der Waals surface area contributed by atoms with Crippen molar-refractivity contribution in [2.24, 2.45) is 0 Å². The fraction of sp³-hybridized carbons (Fsp3) is 0.714. The largest absolute Gasteiger partial charge is 0.396 e. The maximum absolute atomic E-state index is 9.11. The summed E-state index contributed by atoms with van der Waals surface area (Å²) in [5, 5.41) is 15.6. The lowest BCUT2D eigenvalue weighted by atomic mass is 10.0. The second-order valence-corrected chi connectivity index (χ2v) is 5.79. The average Bonchev–Trinajstić information content (AvgIpc) is 2.31. The van der Waals surface area contributed by atoms with Gasteiger partial charge in [0.1, 0.15) is 17.5 Å². The van der Waals surface area contributed by atoms with Crippen LogP contribution in [0.5, 0.6) is 0 Å². The van der Waals surface area contributed by atoms with Gasteiger partial charge in [0.25, 0.3) is 0 Å². The number of hydrogen-bond donors (Lipinski definition) is 3. The molecule has 19 heavy (non-hydrogen) atoms. The molecule has 108 valence electrons. The van der Waals surface area contributed by atoms with E-state index in [1.54, 1.807) is 0 Å². The molecule has 0 radical (unpaired) electrons. The van der Waals surface area contributed by atoms with Crippen LogP contribution in [0.2, 0.25) is 0 Å². The quantitative estimate of drug-likeness (QED) is 0.738. The first-order valence-electron chi connectivity index (χ1n) is 6.76. The molecule has 0 atom stereocenters. The van der Waals surface area contributed by atoms with Crippen molar-refractivity contribution in [3.63, 3.8) is 0 Å². The highest BCUT2D eigenvalue weighted by atomic mass is 16.3. The molecule has 1 aromatic heterocycles. The molecular formula is C14H26N4O. The molecule has 5 heteroatoms. The molecule has 0 amide bonds. The van der Waals surface area contributed by atoms with E-state index in [9.17, 15) is 0 Å². The van der Waals surface area contributed by atoms with Crippen molar-refractivity contribution in [3.05, 3.63) is 11.4 Å². The smallest absolute Gasteiger partial charge is 0.135 e. The third-order valence-electron chi connectivity index (χ3n) is 3.11. The molecule has 1 aromatic rings. The molecular weight excluding hydrogens is 240 g/mol. The molecule has 0 unspecified atom stereocenters. The van der Waals surface area contributed by atoms with Crippen LogP contribution < -0.4 is 10.6 Å². The Balaban J connectivity index is 3.15. The lowest BCUT2D eigenvalue weighted by Gasteiger charge is -2.27. The van der Waals surface area contributed by atoms with E-state index in [-0.39, 0.29) is 18.1 Å². The minimum absolute atomic E-state index is 0.153. The predicted octanol–water partition coefficient (Wildman–Crippen LogP) is 2.52. The number of aliphatic hydroxyl groups excluding tert-OH is 1. The Bertz CT molecular complexity index is 430. The highest BCUT2D eigenvalue weighted by molar-refractivity contribution is 5.58. The number of aliphatic hydroxyl groups is 1. The van der Waals surface area contributed by atoms with Gasteiger partial charge in [0, 0.05) is 30.7 Å². The number of nitrogens with one attached hydrogen (secondary N) is 2. The van der Waals surface area contributed by atoms with Crippen molar-refractivity contribution in [1.82, 2.24) is 9.97 Å². The van der Waals surface area contributed by atoms with Crippen LogP contribution in [0.15, 0.2) is 0 Å². The van der Waals surface area contributed by atoms with Crippen LogP contribution >= 0.6 is 0 Å². The number of nitrogens with zero attached hydrogens (tertiary/aromatic N) is 2. The van der Waals surface area contributed by atoms with Gasteiger partial charge in [-0.3, -0.25) is 0 Å². The summed E-state index contributed by atoms with van der Waals surface area (Å²) in [5.74, 6) is 2.77. The van der Waals surface area contributed by atoms with Crippen molar-refractivity contribution in [1.29, 1.82) is 0 Å². The standard InChI is InChI=1S/C14H26N4O/c1-9(2)11-16-12(15-6)10(3)13(17-11)18-14(4,5)7-8-19/h9,19H,7-8H2,1-6H3,(H2,15,16,17,18). The molecule has 0 bridgehead atoms. The first-order chi connectivity index (χ1) is 8.80. The number of aromatic nitrogens is 2. The Morgan fingerprint density at radius 1 is 1.21 bits per heavy atom. The number of rotatable bonds is 6. The number of anilines is 2. The van der Waals surface area contributed by atoms with Crippen LogP contribution in [0.25, 0.3) is 0 Å². The molecule has 0 aliphatic heterocycles. The zero-order chi connectivity index (χ0) is 14.6. The Labute approximate surface area is 115 Å². The van der Waals surface area contributed by atoms with Crippen molar-refractivity contribution >= 4 is 11.6 Å². The van der Waals surface area contributed by atoms with E-state index in [2.05, 4.69) is 48.3 Å². The van der Waals surface area contributed by atoms with Gasteiger partial charge < -0.3 is 15.7 Å². The van der Waals surface area contributed by atoms with Crippen LogP contribution in [0.4, 0.5) is 11.6 Å². The zero-order valence-corrected chi connectivity index (χ0v) is 12.8. The average molecular weight is 266 g/mol. The van der Waals surface area contributed by atoms with Crippen LogP contribution in [-0.4, -0.2) is 34.3 Å². The first-order valence-corrected chi connectivity index (χ1v) is 6.76. The van der Waals surface area contributed by atoms with Gasteiger partial charge in [0.2, 0.25) is 0 Å². The van der Waals surface area contributed by atoms with Gasteiger partial charge in [0.05, 0.1) is 0 Å². The molecule has 0 aromatic carbocycles. The van der Waals surface area contributed by atoms with E-state index in [1.807, 2.05) is 14.0 Å². The van der Waals surface area contributed by atoms with Crippen molar-refractivity contribution in [2.75, 3.05) is 24.3 Å². The highest BCUT2D eigenvalue weighted by Crippen LogP contribution is 2.26. The van der Waals surface area contributed by atoms with Gasteiger partial charge >= 0.3 is 0 Å². The van der Waals surface area contributed by atoms with Crippen molar-refractivity contribution in [2.45, 2.75) is 52.5 Å². The molecule has 5 nitrogen and oxygen atoms in total. The third-order valence-corrected chi connectivity index (χ3v) is 3.11. The van der Waals surface area contributed by atoms with Gasteiger partial charge in [-0.25, -0.2) is 9.97 Å². The van der Waals surface area contributed by atoms with Crippen LogP contribution in [0.1, 0.15) is 51.4 Å². The third kappa shape index (κ3) is 4.06. The molecule has 0 spiro atoms. The molecule has 1 heterocycles. The molecule has 0 saturated heterocycles. The van der Waals surface area contributed by atoms with Gasteiger partial charge in [-0.1, -0.05) is 13.8 Å². The fourth-order valence-electron chi connectivity index (χ4n) is 1.82. The lowest BCUT2D eigenvalue weighted by Crippen LogP contribution is -2.33. The lowest BCUT2D eigenvalue weighted by molar-refractivity contribution is 0.260. The first kappa shape index (κ1) is 15.7. The van der Waals surface area contributed by atoms with Crippen LogP contribution in [-0.2, 0) is 0 Å². The highest BCUT2D eigenvalue weighted by Gasteiger charge is 2.20. The number of hydrogen-bond acceptors (Lipinski definition) is 5. The van der Waals surface area contributed by atoms with Crippen molar-refractivity contribution in [3.8, 4) is 0 Å². The van der Waals surface area contributed by atoms with Crippen LogP contribution in [0, 0.1) is 6.92 Å². The van der Waals surface area contributed by atoms with Gasteiger partial charge in [-0.15, -0.1) is 0 Å². The van der Waals surface area contributed by atoms with Gasteiger partial charge in [-0.05, 0) is 27.2 Å². The Kier molecular flexibility index (Phi) is 5.11. The van der Waals surface area contributed by atoms with Gasteiger partial charge in [-0.2, -0.15) is 0 Å². The van der Waals surface area contributed by atoms with Gasteiger partial charge in [0.15, 0.2) is 0 Å². The van der Waals surface area contributed by atoms with E-state index in [0.717, 1.165) is 23.0 Å². The van der Waals surface area contributed by atoms with E-state index < -0.39 is 0 Å². The maximum Gasteiger partial charge on any atom is 0.135 e. The molecule has 0 aliphatic rings. The molecule has 0 aliphatic carbocycles. The minimum atomic E-state index is -0.201. The summed E-state index contributed by atoms with van der Waals surface area (Å²) >= 11 is 0. The van der Waals surface area contributed by atoms with E-state index in [1.165, 1.54) is 0 Å². The Morgan fingerprint density at radius 2 is 1.79 bits per heavy atom. The van der Waals surface area contributed by atoms with E-state index in [4.69, 9.17) is 5.11 Å². The van der Waals surface area contributed by atoms with Crippen molar-refractivity contribution < 1.29 is 5.11 Å². The second-order valence-electron chi connectivity index (χ2n) is 5.79. The van der Waals surface area contributed by atoms with Crippen LogP contribution in [0.3, 0.4) is 0 Å². The van der Waals surface area contributed by atoms with E-state index >= 15 is 0 Å². The SMILES string of the molecule is CNc1nc(C(C)C)nc(NC(C)(C)CCO)c1C. The fourth-order valence-corrected chi connectivity index (χ4v) is 1.82. The summed E-state index contributed by atoms with van der Waals surface area (Å²) in [6.45, 7) is 10.4. The minimum Gasteiger partial charge on any atom is -0.396 e. The maximum atomic E-state index is 9.11. The summed E-state index contributed by atoms with van der Waals surface area (Å²) in [5.41, 5.74) is 0.797. The summed E-state index contributed by atoms with van der Waals surface area (Å²) in [6, 6.07) is 0. The Morgan fingerprint density at radius 3 is 2.26 bits per heavy atom. The second kappa shape index (κ2) is 6.19. The predicted molar refractivity (Wildman–Crippen MR) is 79.8 cm³/mol. The van der Waals surface area contributed by atoms with E-state index in [0.29, 0.717) is 6.42 Å². The molecule has 3 N–H and O–H groups in total.